The molecule has 1 unspecified atom stereocenters. The Morgan fingerprint density at radius 3 is 2.83 bits per heavy atom. The number of aromatic carboxylic acids is 1. The molecule has 0 radical (unpaired) electrons. The molecule has 96 valence electrons. The van der Waals surface area contributed by atoms with Crippen LogP contribution >= 0.6 is 27.7 Å². The van der Waals surface area contributed by atoms with Gasteiger partial charge in [0.2, 0.25) is 5.91 Å². The Bertz CT molecular complexity index is 486. The summed E-state index contributed by atoms with van der Waals surface area (Å²) in [6.07, 6.45) is 1.89. The third-order valence-corrected chi connectivity index (χ3v) is 4.56. The Labute approximate surface area is 117 Å². The van der Waals surface area contributed by atoms with E-state index in [-0.39, 0.29) is 16.7 Å². The number of carboxylic acid groups (broad SMARTS) is 1. The van der Waals surface area contributed by atoms with Crippen molar-refractivity contribution in [2.24, 2.45) is 0 Å². The molecule has 2 N–H and O–H groups in total. The molecule has 1 aliphatic heterocycles. The van der Waals surface area contributed by atoms with Crippen LogP contribution in [-0.4, -0.2) is 28.0 Å². The van der Waals surface area contributed by atoms with Crippen LogP contribution in [0.2, 0.25) is 0 Å². The predicted molar refractivity (Wildman–Crippen MR) is 75.2 cm³/mol. The highest BCUT2D eigenvalue weighted by atomic mass is 79.9. The molecule has 0 saturated carbocycles. The zero-order valence-electron chi connectivity index (χ0n) is 9.48. The van der Waals surface area contributed by atoms with E-state index >= 15 is 0 Å². The Balaban J connectivity index is 2.19. The zero-order valence-corrected chi connectivity index (χ0v) is 11.9. The number of hydrogen-bond acceptors (Lipinski definition) is 3. The fourth-order valence-corrected chi connectivity index (χ4v) is 3.33. The number of carboxylic acids is 1. The molecule has 1 fully saturated rings. The van der Waals surface area contributed by atoms with Crippen LogP contribution in [0, 0.1) is 0 Å². The molecule has 0 aliphatic carbocycles. The number of nitrogens with one attached hydrogen (secondary N) is 1. The lowest BCUT2D eigenvalue weighted by molar-refractivity contribution is -0.115. The summed E-state index contributed by atoms with van der Waals surface area (Å²) >= 11 is 4.89. The molecule has 0 aromatic heterocycles. The number of carbonyl (C=O) groups is 2. The highest BCUT2D eigenvalue weighted by molar-refractivity contribution is 9.10. The monoisotopic (exact) mass is 329 g/mol. The van der Waals surface area contributed by atoms with Gasteiger partial charge >= 0.3 is 5.97 Å². The summed E-state index contributed by atoms with van der Waals surface area (Å²) in [5.41, 5.74) is 0.448. The van der Waals surface area contributed by atoms with Gasteiger partial charge in [0.1, 0.15) is 0 Å². The highest BCUT2D eigenvalue weighted by Crippen LogP contribution is 2.28. The molecule has 1 aromatic rings. The average Bonchev–Trinajstić information content (AvgIpc) is 2.81. The number of carbonyl (C=O) groups excluding carboxylic acids is 1. The van der Waals surface area contributed by atoms with E-state index in [4.69, 9.17) is 5.11 Å². The minimum Gasteiger partial charge on any atom is -0.478 e. The van der Waals surface area contributed by atoms with Gasteiger partial charge in [-0.2, -0.15) is 0 Å². The van der Waals surface area contributed by atoms with Gasteiger partial charge in [0, 0.05) is 4.47 Å². The molecule has 1 amide bonds. The van der Waals surface area contributed by atoms with Gasteiger partial charge in [0.15, 0.2) is 0 Å². The van der Waals surface area contributed by atoms with Crippen molar-refractivity contribution in [1.82, 2.24) is 0 Å². The summed E-state index contributed by atoms with van der Waals surface area (Å²) in [4.78, 5) is 23.0. The molecule has 1 atom stereocenters. The smallest absolute Gasteiger partial charge is 0.337 e. The molecular weight excluding hydrogens is 318 g/mol. The molecule has 4 nitrogen and oxygen atoms in total. The summed E-state index contributed by atoms with van der Waals surface area (Å²) in [5, 5.41) is 11.7. The summed E-state index contributed by atoms with van der Waals surface area (Å²) in [5.74, 6) is -0.169. The summed E-state index contributed by atoms with van der Waals surface area (Å²) < 4.78 is 0.738. The Morgan fingerprint density at radius 1 is 1.44 bits per heavy atom. The van der Waals surface area contributed by atoms with Gasteiger partial charge in [-0.1, -0.05) is 15.9 Å². The second-order valence-electron chi connectivity index (χ2n) is 3.99. The molecule has 2 rings (SSSR count). The number of amides is 1. The van der Waals surface area contributed by atoms with Gasteiger partial charge in [0.05, 0.1) is 16.5 Å². The van der Waals surface area contributed by atoms with Crippen LogP contribution in [0.1, 0.15) is 23.2 Å². The number of anilines is 1. The minimum absolute atomic E-state index is 0.0642. The van der Waals surface area contributed by atoms with Gasteiger partial charge in [-0.05, 0) is 36.8 Å². The SMILES string of the molecule is O=C(O)c1ccc(Br)cc1NC(=O)C1CCCS1. The van der Waals surface area contributed by atoms with Crippen molar-refractivity contribution in [2.45, 2.75) is 18.1 Å². The highest BCUT2D eigenvalue weighted by Gasteiger charge is 2.24. The van der Waals surface area contributed by atoms with Crippen LogP contribution in [0.3, 0.4) is 0 Å². The van der Waals surface area contributed by atoms with Crippen LogP contribution in [-0.2, 0) is 4.79 Å². The van der Waals surface area contributed by atoms with Crippen LogP contribution in [0.4, 0.5) is 5.69 Å². The Kier molecular flexibility index (Phi) is 4.29. The van der Waals surface area contributed by atoms with E-state index in [0.717, 1.165) is 23.1 Å². The van der Waals surface area contributed by atoms with E-state index in [1.54, 1.807) is 23.9 Å². The largest absolute Gasteiger partial charge is 0.478 e. The first kappa shape index (κ1) is 13.4. The number of hydrogen-bond donors (Lipinski definition) is 2. The lowest BCUT2D eigenvalue weighted by atomic mass is 10.1. The maximum absolute atomic E-state index is 12.0. The lowest BCUT2D eigenvalue weighted by Gasteiger charge is -2.12. The van der Waals surface area contributed by atoms with E-state index in [9.17, 15) is 9.59 Å². The van der Waals surface area contributed by atoms with Gasteiger partial charge < -0.3 is 10.4 Å². The number of thioether (sulfide) groups is 1. The Hall–Kier alpha value is -1.01. The maximum atomic E-state index is 12.0. The molecule has 0 spiro atoms. The van der Waals surface area contributed by atoms with E-state index in [1.165, 1.54) is 6.07 Å². The van der Waals surface area contributed by atoms with Crippen molar-refractivity contribution < 1.29 is 14.7 Å². The normalized spacial score (nSPS) is 18.6. The zero-order chi connectivity index (χ0) is 13.1. The topological polar surface area (TPSA) is 66.4 Å². The molecule has 1 aromatic carbocycles. The van der Waals surface area contributed by atoms with Crippen molar-refractivity contribution in [3.05, 3.63) is 28.2 Å². The van der Waals surface area contributed by atoms with Gasteiger partial charge in [-0.15, -0.1) is 11.8 Å². The van der Waals surface area contributed by atoms with Crippen LogP contribution in [0.5, 0.6) is 0 Å². The standard InChI is InChI=1S/C12H12BrNO3S/c13-7-3-4-8(12(16)17)9(6-7)14-11(15)10-2-1-5-18-10/h3-4,6,10H,1-2,5H2,(H,14,15)(H,16,17). The van der Waals surface area contributed by atoms with E-state index < -0.39 is 5.97 Å². The molecule has 18 heavy (non-hydrogen) atoms. The lowest BCUT2D eigenvalue weighted by Crippen LogP contribution is -2.24. The number of rotatable bonds is 3. The average molecular weight is 330 g/mol. The maximum Gasteiger partial charge on any atom is 0.337 e. The van der Waals surface area contributed by atoms with Crippen LogP contribution in [0.15, 0.2) is 22.7 Å². The summed E-state index contributed by atoms with van der Waals surface area (Å²) in [7, 11) is 0. The van der Waals surface area contributed by atoms with Gasteiger partial charge in [0.25, 0.3) is 0 Å². The molecule has 1 saturated heterocycles. The van der Waals surface area contributed by atoms with E-state index in [1.807, 2.05) is 0 Å². The second-order valence-corrected chi connectivity index (χ2v) is 6.21. The van der Waals surface area contributed by atoms with Crippen molar-refractivity contribution in [3.8, 4) is 0 Å². The molecular formula is C12H12BrNO3S. The third-order valence-electron chi connectivity index (χ3n) is 2.69. The number of benzene rings is 1. The van der Waals surface area contributed by atoms with Gasteiger partial charge in [-0.25, -0.2) is 4.79 Å². The first-order valence-corrected chi connectivity index (χ1v) is 7.37. The van der Waals surface area contributed by atoms with Gasteiger partial charge in [-0.3, -0.25) is 4.79 Å². The Morgan fingerprint density at radius 2 is 2.22 bits per heavy atom. The first-order valence-electron chi connectivity index (χ1n) is 5.53. The van der Waals surface area contributed by atoms with Crippen LogP contribution in [0.25, 0.3) is 0 Å². The van der Waals surface area contributed by atoms with E-state index in [0.29, 0.717) is 5.69 Å². The molecule has 1 heterocycles. The third kappa shape index (κ3) is 3.05. The van der Waals surface area contributed by atoms with E-state index in [2.05, 4.69) is 21.2 Å². The summed E-state index contributed by atoms with van der Waals surface area (Å²) in [6, 6.07) is 4.73. The molecule has 6 heteroatoms. The number of halogens is 1. The van der Waals surface area contributed by atoms with Crippen molar-refractivity contribution in [3.63, 3.8) is 0 Å². The quantitative estimate of drug-likeness (QED) is 0.894. The molecule has 1 aliphatic rings. The predicted octanol–water partition coefficient (Wildman–Crippen LogP) is 2.98. The molecule has 0 bridgehead atoms. The summed E-state index contributed by atoms with van der Waals surface area (Å²) in [6.45, 7) is 0. The van der Waals surface area contributed by atoms with Crippen molar-refractivity contribution >= 4 is 45.3 Å². The van der Waals surface area contributed by atoms with Crippen molar-refractivity contribution in [2.75, 3.05) is 11.1 Å². The minimum atomic E-state index is -1.04. The fourth-order valence-electron chi connectivity index (χ4n) is 1.80. The van der Waals surface area contributed by atoms with Crippen molar-refractivity contribution in [1.29, 1.82) is 0 Å². The second kappa shape index (κ2) is 5.75. The fraction of sp³-hybridized carbons (Fsp3) is 0.333. The first-order chi connectivity index (χ1) is 8.58. The van der Waals surface area contributed by atoms with Crippen LogP contribution < -0.4 is 5.32 Å².